The maximum Gasteiger partial charge on any atom is 0.287 e. The van der Waals surface area contributed by atoms with Gasteiger partial charge < -0.3 is 14.5 Å². The van der Waals surface area contributed by atoms with Crippen molar-refractivity contribution in [1.29, 1.82) is 0 Å². The van der Waals surface area contributed by atoms with E-state index < -0.39 is 4.92 Å². The first-order valence-electron chi connectivity index (χ1n) is 10.3. The van der Waals surface area contributed by atoms with Gasteiger partial charge in [0.25, 0.3) is 11.6 Å². The predicted molar refractivity (Wildman–Crippen MR) is 115 cm³/mol. The van der Waals surface area contributed by atoms with Crippen LogP contribution in [0.5, 0.6) is 5.75 Å². The van der Waals surface area contributed by atoms with Crippen LogP contribution in [-0.2, 0) is 6.42 Å². The van der Waals surface area contributed by atoms with E-state index in [1.165, 1.54) is 12.3 Å². The molecule has 0 spiro atoms. The van der Waals surface area contributed by atoms with Crippen LogP contribution in [0.15, 0.2) is 36.7 Å². The molecule has 162 valence electrons. The van der Waals surface area contributed by atoms with E-state index in [0.29, 0.717) is 62.1 Å². The second kappa shape index (κ2) is 8.58. The molecule has 31 heavy (non-hydrogen) atoms. The molecule has 10 heteroatoms. The molecule has 0 saturated carbocycles. The Morgan fingerprint density at radius 1 is 1.19 bits per heavy atom. The first-order chi connectivity index (χ1) is 15.0. The molecule has 0 radical (unpaired) electrons. The van der Waals surface area contributed by atoms with Crippen molar-refractivity contribution in [3.05, 3.63) is 58.2 Å². The number of nitro groups is 1. The van der Waals surface area contributed by atoms with E-state index in [4.69, 9.17) is 4.74 Å². The lowest BCUT2D eigenvalue weighted by Crippen LogP contribution is -2.49. The molecule has 4 rings (SSSR count). The van der Waals surface area contributed by atoms with Crippen molar-refractivity contribution in [3.8, 4) is 5.75 Å². The van der Waals surface area contributed by atoms with Gasteiger partial charge in [-0.15, -0.1) is 0 Å². The number of aryl methyl sites for hydroxylation is 1. The highest BCUT2D eigenvalue weighted by atomic mass is 16.6. The van der Waals surface area contributed by atoms with E-state index >= 15 is 0 Å². The van der Waals surface area contributed by atoms with E-state index in [-0.39, 0.29) is 11.6 Å². The number of carbonyl (C=O) groups is 1. The van der Waals surface area contributed by atoms with Crippen LogP contribution < -0.4 is 9.64 Å². The largest absolute Gasteiger partial charge is 0.490 e. The Bertz CT molecular complexity index is 1100. The molecule has 1 saturated heterocycles. The number of amides is 1. The highest BCUT2D eigenvalue weighted by Gasteiger charge is 2.28. The van der Waals surface area contributed by atoms with E-state index in [1.54, 1.807) is 6.07 Å². The maximum absolute atomic E-state index is 13.4. The summed E-state index contributed by atoms with van der Waals surface area (Å²) in [7, 11) is 0. The van der Waals surface area contributed by atoms with Gasteiger partial charge >= 0.3 is 0 Å². The first kappa shape index (κ1) is 20.6. The summed E-state index contributed by atoms with van der Waals surface area (Å²) in [5.41, 5.74) is 1.93. The van der Waals surface area contributed by atoms with Gasteiger partial charge in [0.05, 0.1) is 17.2 Å². The van der Waals surface area contributed by atoms with Crippen molar-refractivity contribution >= 4 is 23.1 Å². The fourth-order valence-corrected chi connectivity index (χ4v) is 3.79. The number of fused-ring (bicyclic) bond motifs is 1. The Kier molecular flexibility index (Phi) is 5.70. The fourth-order valence-electron chi connectivity index (χ4n) is 3.79. The average molecular weight is 424 g/mol. The van der Waals surface area contributed by atoms with Crippen LogP contribution in [0.1, 0.15) is 30.0 Å². The van der Waals surface area contributed by atoms with Crippen molar-refractivity contribution in [2.24, 2.45) is 0 Å². The number of nitrogens with zero attached hydrogens (tertiary/aromatic N) is 6. The second-order valence-corrected chi connectivity index (χ2v) is 7.17. The van der Waals surface area contributed by atoms with Crippen LogP contribution in [0.25, 0.3) is 5.65 Å². The monoisotopic (exact) mass is 424 g/mol. The summed E-state index contributed by atoms with van der Waals surface area (Å²) in [6.45, 7) is 6.67. The summed E-state index contributed by atoms with van der Waals surface area (Å²) in [5, 5.41) is 10.8. The number of anilines is 1. The second-order valence-electron chi connectivity index (χ2n) is 7.17. The van der Waals surface area contributed by atoms with Gasteiger partial charge in [-0.05, 0) is 31.5 Å². The normalized spacial score (nSPS) is 14.1. The number of hydrogen-bond donors (Lipinski definition) is 0. The minimum absolute atomic E-state index is 0.0382. The Morgan fingerprint density at radius 2 is 1.97 bits per heavy atom. The molecule has 0 unspecified atom stereocenters. The van der Waals surface area contributed by atoms with Gasteiger partial charge in [0.1, 0.15) is 17.7 Å². The summed E-state index contributed by atoms with van der Waals surface area (Å²) in [5.74, 6) is 1.27. The third-order valence-corrected chi connectivity index (χ3v) is 5.36. The van der Waals surface area contributed by atoms with Crippen LogP contribution >= 0.6 is 0 Å². The number of hydrogen-bond acceptors (Lipinski definition) is 7. The minimum Gasteiger partial charge on any atom is -0.490 e. The Hall–Kier alpha value is -3.69. The van der Waals surface area contributed by atoms with Crippen LogP contribution in [0, 0.1) is 10.1 Å². The van der Waals surface area contributed by atoms with Crippen LogP contribution in [-0.4, -0.2) is 62.9 Å². The van der Waals surface area contributed by atoms with Gasteiger partial charge in [-0.2, -0.15) is 0 Å². The molecule has 0 aromatic carbocycles. The smallest absolute Gasteiger partial charge is 0.287 e. The van der Waals surface area contributed by atoms with Crippen molar-refractivity contribution in [3.63, 3.8) is 0 Å². The zero-order valence-electron chi connectivity index (χ0n) is 17.5. The quantitative estimate of drug-likeness (QED) is 0.442. The molecule has 0 N–H and O–H groups in total. The molecule has 1 fully saturated rings. The Labute approximate surface area is 179 Å². The summed E-state index contributed by atoms with van der Waals surface area (Å²) in [4.78, 5) is 36.4. The minimum atomic E-state index is -0.467. The number of aromatic nitrogens is 3. The summed E-state index contributed by atoms with van der Waals surface area (Å²) in [6, 6.07) is 6.80. The summed E-state index contributed by atoms with van der Waals surface area (Å²) >= 11 is 0. The topological polar surface area (TPSA) is 106 Å². The number of rotatable bonds is 6. The van der Waals surface area contributed by atoms with Gasteiger partial charge in [0, 0.05) is 38.4 Å². The Balaban J connectivity index is 1.53. The van der Waals surface area contributed by atoms with Crippen LogP contribution in [0.2, 0.25) is 0 Å². The first-order valence-corrected chi connectivity index (χ1v) is 10.3. The zero-order valence-corrected chi connectivity index (χ0v) is 17.5. The van der Waals surface area contributed by atoms with Gasteiger partial charge in [-0.3, -0.25) is 19.3 Å². The van der Waals surface area contributed by atoms with Crippen molar-refractivity contribution in [1.82, 2.24) is 19.3 Å². The molecule has 0 atom stereocenters. The zero-order chi connectivity index (χ0) is 22.0. The molecular formula is C21H24N6O4. The van der Waals surface area contributed by atoms with Gasteiger partial charge in [-0.25, -0.2) is 9.97 Å². The number of ether oxygens (including phenoxy) is 1. The number of imidazole rings is 1. The standard InChI is InChI=1S/C21H24N6O4/c1-3-16-19(26-9-5-6-17(31-4-2)20(26)23-16)21(28)25-12-10-24(11-13-25)18-8-7-15(14-22-18)27(29)30/h5-9,14H,3-4,10-13H2,1-2H3. The molecule has 1 aliphatic rings. The average Bonchev–Trinajstić information content (AvgIpc) is 3.18. The molecule has 10 nitrogen and oxygen atoms in total. The molecule has 4 heterocycles. The Morgan fingerprint density at radius 3 is 2.58 bits per heavy atom. The molecule has 0 aliphatic carbocycles. The highest BCUT2D eigenvalue weighted by Crippen LogP contribution is 2.25. The van der Waals surface area contributed by atoms with Crippen molar-refractivity contribution in [2.75, 3.05) is 37.7 Å². The molecule has 1 aliphatic heterocycles. The lowest BCUT2D eigenvalue weighted by atomic mass is 10.2. The number of piperazine rings is 1. The molecular weight excluding hydrogens is 400 g/mol. The van der Waals surface area contributed by atoms with Crippen LogP contribution in [0.3, 0.4) is 0 Å². The van der Waals surface area contributed by atoms with Crippen molar-refractivity contribution in [2.45, 2.75) is 20.3 Å². The van der Waals surface area contributed by atoms with Gasteiger partial charge in [-0.1, -0.05) is 6.92 Å². The SMILES string of the molecule is CCOc1cccn2c(C(=O)N3CCN(c4ccc([N+](=O)[O-])cn4)CC3)c(CC)nc12. The van der Waals surface area contributed by atoms with Gasteiger partial charge in [0.15, 0.2) is 11.4 Å². The lowest BCUT2D eigenvalue weighted by Gasteiger charge is -2.35. The predicted octanol–water partition coefficient (Wildman–Crippen LogP) is 2.56. The van der Waals surface area contributed by atoms with Gasteiger partial charge in [0.2, 0.25) is 0 Å². The maximum atomic E-state index is 13.4. The number of pyridine rings is 2. The summed E-state index contributed by atoms with van der Waals surface area (Å²) < 4.78 is 7.50. The molecule has 3 aromatic rings. The molecule has 3 aromatic heterocycles. The molecule has 1 amide bonds. The number of carbonyl (C=O) groups excluding carboxylic acids is 1. The fraction of sp³-hybridized carbons (Fsp3) is 0.381. The van der Waals surface area contributed by atoms with Crippen LogP contribution in [0.4, 0.5) is 11.5 Å². The molecule has 0 bridgehead atoms. The van der Waals surface area contributed by atoms with Crippen molar-refractivity contribution < 1.29 is 14.5 Å². The van der Waals surface area contributed by atoms with E-state index in [1.807, 2.05) is 46.4 Å². The van der Waals surface area contributed by atoms with E-state index in [2.05, 4.69) is 9.97 Å². The third-order valence-electron chi connectivity index (χ3n) is 5.36. The van der Waals surface area contributed by atoms with E-state index in [9.17, 15) is 14.9 Å². The summed E-state index contributed by atoms with van der Waals surface area (Å²) in [6.07, 6.45) is 3.74. The van der Waals surface area contributed by atoms with E-state index in [0.717, 1.165) is 5.69 Å². The lowest BCUT2D eigenvalue weighted by molar-refractivity contribution is -0.385. The third kappa shape index (κ3) is 3.88. The highest BCUT2D eigenvalue weighted by molar-refractivity contribution is 5.95.